The van der Waals surface area contributed by atoms with Crippen LogP contribution in [-0.2, 0) is 26.0 Å². The number of methoxy groups -OCH3 is 1. The Balaban J connectivity index is 2.74. The Kier molecular flexibility index (Phi) is 6.01. The zero-order valence-electron chi connectivity index (χ0n) is 12.1. The molecule has 1 N–H and O–H groups in total. The second-order valence-corrected chi connectivity index (χ2v) is 6.41. The lowest BCUT2D eigenvalue weighted by Gasteiger charge is -2.14. The summed E-state index contributed by atoms with van der Waals surface area (Å²) in [6.45, 7) is 3.84. The van der Waals surface area contributed by atoms with Gasteiger partial charge in [-0.3, -0.25) is 9.52 Å². The highest BCUT2D eigenvalue weighted by Gasteiger charge is 2.15. The van der Waals surface area contributed by atoms with Crippen LogP contribution in [0.1, 0.15) is 30.9 Å². The smallest absolute Gasteiger partial charge is 0.305 e. The van der Waals surface area contributed by atoms with Crippen molar-refractivity contribution >= 4 is 21.7 Å². The number of carbonyl (C=O) groups is 1. The molecule has 0 aliphatic rings. The average molecular weight is 299 g/mol. The maximum absolute atomic E-state index is 12.0. The number of nitrogens with one attached hydrogen (secondary N) is 1. The van der Waals surface area contributed by atoms with Crippen molar-refractivity contribution in [3.63, 3.8) is 0 Å². The van der Waals surface area contributed by atoms with Crippen LogP contribution in [0.25, 0.3) is 0 Å². The lowest BCUT2D eigenvalue weighted by atomic mass is 10.1. The van der Waals surface area contributed by atoms with E-state index in [0.29, 0.717) is 5.69 Å². The number of sulfonamides is 1. The maximum atomic E-state index is 12.0. The summed E-state index contributed by atoms with van der Waals surface area (Å²) in [5.74, 6) is -0.495. The molecule has 0 saturated carbocycles. The minimum absolute atomic E-state index is 0.0976. The summed E-state index contributed by atoms with van der Waals surface area (Å²) in [7, 11) is -2.16. The molecule has 0 spiro atoms. The number of benzene rings is 1. The number of carbonyl (C=O) groups excluding carboxylic acids is 1. The summed E-state index contributed by atoms with van der Waals surface area (Å²) in [6.07, 6.45) is 1.10. The van der Waals surface area contributed by atoms with Crippen LogP contribution in [0.15, 0.2) is 18.2 Å². The van der Waals surface area contributed by atoms with Crippen LogP contribution < -0.4 is 4.72 Å². The normalized spacial score (nSPS) is 11.2. The van der Waals surface area contributed by atoms with E-state index in [0.717, 1.165) is 17.5 Å². The molecule has 0 fully saturated rings. The lowest BCUT2D eigenvalue weighted by molar-refractivity contribution is -0.140. The van der Waals surface area contributed by atoms with Crippen LogP contribution in [0, 0.1) is 6.92 Å². The number of anilines is 1. The summed E-state index contributed by atoms with van der Waals surface area (Å²) in [5, 5.41) is 0. The zero-order valence-corrected chi connectivity index (χ0v) is 12.9. The van der Waals surface area contributed by atoms with Crippen molar-refractivity contribution in [2.24, 2.45) is 0 Å². The molecule has 0 aliphatic heterocycles. The van der Waals surface area contributed by atoms with E-state index in [2.05, 4.69) is 9.46 Å². The fourth-order valence-electron chi connectivity index (χ4n) is 1.88. The van der Waals surface area contributed by atoms with E-state index in [1.807, 2.05) is 32.0 Å². The van der Waals surface area contributed by atoms with E-state index in [1.54, 1.807) is 0 Å². The summed E-state index contributed by atoms with van der Waals surface area (Å²) in [5.41, 5.74) is 2.50. The zero-order chi connectivity index (χ0) is 15.2. The number of aryl methyl sites for hydroxylation is 2. The first-order chi connectivity index (χ1) is 9.39. The standard InChI is InChI=1S/C14H21NO4S/c1-4-12-8-5-7-11(2)14(12)15-20(17,18)10-6-9-13(16)19-3/h5,7-8,15H,4,6,9-10H2,1-3H3. The van der Waals surface area contributed by atoms with Gasteiger partial charge in [0.2, 0.25) is 10.0 Å². The molecule has 0 atom stereocenters. The number of ether oxygens (including phenoxy) is 1. The van der Waals surface area contributed by atoms with Gasteiger partial charge in [0.1, 0.15) is 0 Å². The van der Waals surface area contributed by atoms with E-state index in [4.69, 9.17) is 0 Å². The molecular weight excluding hydrogens is 278 g/mol. The van der Waals surface area contributed by atoms with Crippen molar-refractivity contribution in [1.29, 1.82) is 0 Å². The number of rotatable bonds is 7. The third kappa shape index (κ3) is 4.85. The van der Waals surface area contributed by atoms with Crippen molar-refractivity contribution < 1.29 is 17.9 Å². The molecular formula is C14H21NO4S. The largest absolute Gasteiger partial charge is 0.469 e. The van der Waals surface area contributed by atoms with Crippen LogP contribution in [0.4, 0.5) is 5.69 Å². The minimum atomic E-state index is -3.45. The van der Waals surface area contributed by atoms with Crippen molar-refractivity contribution in [1.82, 2.24) is 0 Å². The van der Waals surface area contributed by atoms with Gasteiger partial charge in [0, 0.05) is 6.42 Å². The van der Waals surface area contributed by atoms with Crippen LogP contribution >= 0.6 is 0 Å². The van der Waals surface area contributed by atoms with Crippen LogP contribution in [0.2, 0.25) is 0 Å². The van der Waals surface area contributed by atoms with Crippen LogP contribution in [-0.4, -0.2) is 27.2 Å². The third-order valence-electron chi connectivity index (χ3n) is 3.02. The SMILES string of the molecule is CCc1cccc(C)c1NS(=O)(=O)CCCC(=O)OC. The second-order valence-electron chi connectivity index (χ2n) is 4.56. The molecule has 20 heavy (non-hydrogen) atoms. The first-order valence-corrected chi connectivity index (χ1v) is 8.20. The number of hydrogen-bond acceptors (Lipinski definition) is 4. The predicted octanol–water partition coefficient (Wildman–Crippen LogP) is 2.25. The number of hydrogen-bond donors (Lipinski definition) is 1. The molecule has 0 aliphatic carbocycles. The third-order valence-corrected chi connectivity index (χ3v) is 4.36. The summed E-state index contributed by atoms with van der Waals surface area (Å²) in [4.78, 5) is 11.0. The van der Waals surface area contributed by atoms with Gasteiger partial charge in [-0.1, -0.05) is 25.1 Å². The highest BCUT2D eigenvalue weighted by molar-refractivity contribution is 7.92. The van der Waals surface area contributed by atoms with E-state index < -0.39 is 16.0 Å². The molecule has 0 amide bonds. The molecule has 1 aromatic rings. The Hall–Kier alpha value is -1.56. The molecule has 0 saturated heterocycles. The highest BCUT2D eigenvalue weighted by atomic mass is 32.2. The molecule has 6 heteroatoms. The molecule has 0 bridgehead atoms. The Morgan fingerprint density at radius 2 is 2.05 bits per heavy atom. The summed E-state index contributed by atoms with van der Waals surface area (Å²) >= 11 is 0. The van der Waals surface area contributed by atoms with Gasteiger partial charge in [-0.15, -0.1) is 0 Å². The van der Waals surface area contributed by atoms with Gasteiger partial charge >= 0.3 is 5.97 Å². The molecule has 5 nitrogen and oxygen atoms in total. The Bertz CT molecular complexity index is 567. The quantitative estimate of drug-likeness (QED) is 0.784. The Morgan fingerprint density at radius 3 is 2.65 bits per heavy atom. The Morgan fingerprint density at radius 1 is 1.35 bits per heavy atom. The number of para-hydroxylation sites is 1. The molecule has 0 radical (unpaired) electrons. The maximum Gasteiger partial charge on any atom is 0.305 e. The first-order valence-electron chi connectivity index (χ1n) is 6.55. The average Bonchev–Trinajstić information content (AvgIpc) is 2.40. The van der Waals surface area contributed by atoms with E-state index in [1.165, 1.54) is 7.11 Å². The first kappa shape index (κ1) is 16.5. The summed E-state index contributed by atoms with van der Waals surface area (Å²) in [6, 6.07) is 5.67. The van der Waals surface area contributed by atoms with Crippen LogP contribution in [0.5, 0.6) is 0 Å². The number of esters is 1. The van der Waals surface area contributed by atoms with Crippen LogP contribution in [0.3, 0.4) is 0 Å². The van der Waals surface area contributed by atoms with Crippen molar-refractivity contribution in [3.8, 4) is 0 Å². The molecule has 1 aromatic carbocycles. The fraction of sp³-hybridized carbons (Fsp3) is 0.500. The van der Waals surface area contributed by atoms with E-state index >= 15 is 0 Å². The van der Waals surface area contributed by atoms with Gasteiger partial charge in [0.05, 0.1) is 18.6 Å². The Labute approximate surface area is 120 Å². The molecule has 0 heterocycles. The molecule has 0 aromatic heterocycles. The van der Waals surface area contributed by atoms with Gasteiger partial charge in [0.15, 0.2) is 0 Å². The topological polar surface area (TPSA) is 72.5 Å². The lowest BCUT2D eigenvalue weighted by Crippen LogP contribution is -2.19. The van der Waals surface area contributed by atoms with E-state index in [-0.39, 0.29) is 18.6 Å². The summed E-state index contributed by atoms with van der Waals surface area (Å²) < 4.78 is 31.2. The molecule has 112 valence electrons. The van der Waals surface area contributed by atoms with Gasteiger partial charge in [-0.05, 0) is 30.9 Å². The van der Waals surface area contributed by atoms with Gasteiger partial charge in [-0.25, -0.2) is 8.42 Å². The van der Waals surface area contributed by atoms with E-state index in [9.17, 15) is 13.2 Å². The monoisotopic (exact) mass is 299 g/mol. The second kappa shape index (κ2) is 7.28. The molecule has 0 unspecified atom stereocenters. The van der Waals surface area contributed by atoms with Gasteiger partial charge < -0.3 is 4.74 Å². The van der Waals surface area contributed by atoms with Crippen molar-refractivity contribution in [3.05, 3.63) is 29.3 Å². The van der Waals surface area contributed by atoms with Crippen molar-refractivity contribution in [2.45, 2.75) is 33.1 Å². The highest BCUT2D eigenvalue weighted by Crippen LogP contribution is 2.22. The predicted molar refractivity (Wildman–Crippen MR) is 79.2 cm³/mol. The fourth-order valence-corrected chi connectivity index (χ4v) is 3.11. The van der Waals surface area contributed by atoms with Gasteiger partial charge in [0.25, 0.3) is 0 Å². The molecule has 1 rings (SSSR count). The van der Waals surface area contributed by atoms with Gasteiger partial charge in [-0.2, -0.15) is 0 Å². The minimum Gasteiger partial charge on any atom is -0.469 e. The van der Waals surface area contributed by atoms with Crippen molar-refractivity contribution in [2.75, 3.05) is 17.6 Å².